The largest absolute Gasteiger partial charge is 0.378 e. The Bertz CT molecular complexity index is 378. The van der Waals surface area contributed by atoms with Crippen molar-refractivity contribution in [1.29, 1.82) is 0 Å². The van der Waals surface area contributed by atoms with E-state index < -0.39 is 0 Å². The third-order valence-electron chi connectivity index (χ3n) is 3.79. The number of piperidine rings is 1. The van der Waals surface area contributed by atoms with Crippen LogP contribution in [0.2, 0.25) is 0 Å². The molecule has 98 valence electrons. The number of hydrogen-bond donors (Lipinski definition) is 1. The summed E-state index contributed by atoms with van der Waals surface area (Å²) >= 11 is 0. The Morgan fingerprint density at radius 2 is 2.17 bits per heavy atom. The Hall–Kier alpha value is -1.28. The van der Waals surface area contributed by atoms with Crippen LogP contribution in [0.1, 0.15) is 36.8 Å². The van der Waals surface area contributed by atoms with Crippen LogP contribution in [0.4, 0.5) is 0 Å². The van der Waals surface area contributed by atoms with Crippen molar-refractivity contribution < 1.29 is 0 Å². The van der Waals surface area contributed by atoms with Crippen LogP contribution in [0.15, 0.2) is 37.0 Å². The van der Waals surface area contributed by atoms with Gasteiger partial charge in [0.2, 0.25) is 0 Å². The summed E-state index contributed by atoms with van der Waals surface area (Å²) in [5.41, 5.74) is 2.91. The monoisotopic (exact) mass is 244 g/mol. The summed E-state index contributed by atoms with van der Waals surface area (Å²) in [7, 11) is 0. The van der Waals surface area contributed by atoms with Crippen molar-refractivity contribution in [2.75, 3.05) is 19.6 Å². The van der Waals surface area contributed by atoms with Gasteiger partial charge in [-0.05, 0) is 42.6 Å². The molecule has 1 aliphatic heterocycles. The minimum Gasteiger partial charge on any atom is -0.378 e. The lowest BCUT2D eigenvalue weighted by Crippen LogP contribution is -2.28. The van der Waals surface area contributed by atoms with Gasteiger partial charge < -0.3 is 10.2 Å². The molecule has 2 heteroatoms. The van der Waals surface area contributed by atoms with E-state index in [1.807, 2.05) is 6.20 Å². The highest BCUT2D eigenvalue weighted by molar-refractivity contribution is 5.27. The lowest BCUT2D eigenvalue weighted by molar-refractivity contribution is 0.285. The molecule has 2 nitrogen and oxygen atoms in total. The van der Waals surface area contributed by atoms with Gasteiger partial charge in [0.1, 0.15) is 0 Å². The molecule has 0 bridgehead atoms. The average molecular weight is 244 g/mol. The van der Waals surface area contributed by atoms with E-state index in [1.54, 1.807) is 0 Å². The Balaban J connectivity index is 1.98. The molecule has 1 heterocycles. The second kappa shape index (κ2) is 6.60. The fourth-order valence-corrected chi connectivity index (χ4v) is 2.64. The molecule has 0 spiro atoms. The maximum atomic E-state index is 3.85. The molecular formula is C16H24N2. The Morgan fingerprint density at radius 1 is 1.39 bits per heavy atom. The molecule has 2 rings (SSSR count). The SMILES string of the molecule is C=CN1CCC(c2cccc(CNCC)c2)CC1. The van der Waals surface area contributed by atoms with Crippen molar-refractivity contribution in [3.63, 3.8) is 0 Å². The van der Waals surface area contributed by atoms with E-state index in [1.165, 1.54) is 24.0 Å². The zero-order valence-electron chi connectivity index (χ0n) is 11.4. The molecule has 1 aromatic rings. The van der Waals surface area contributed by atoms with E-state index in [0.717, 1.165) is 32.1 Å². The zero-order valence-corrected chi connectivity index (χ0v) is 11.4. The van der Waals surface area contributed by atoms with Crippen LogP contribution in [0.5, 0.6) is 0 Å². The highest BCUT2D eigenvalue weighted by atomic mass is 15.1. The van der Waals surface area contributed by atoms with Crippen LogP contribution in [0.3, 0.4) is 0 Å². The molecule has 0 unspecified atom stereocenters. The van der Waals surface area contributed by atoms with Crippen molar-refractivity contribution in [1.82, 2.24) is 10.2 Å². The first-order chi connectivity index (χ1) is 8.83. The highest BCUT2D eigenvalue weighted by Crippen LogP contribution is 2.28. The van der Waals surface area contributed by atoms with Crippen LogP contribution in [-0.2, 0) is 6.54 Å². The second-order valence-electron chi connectivity index (χ2n) is 5.02. The number of rotatable bonds is 5. The van der Waals surface area contributed by atoms with Crippen LogP contribution in [0.25, 0.3) is 0 Å². The van der Waals surface area contributed by atoms with Gasteiger partial charge in [0.05, 0.1) is 0 Å². The van der Waals surface area contributed by atoms with Crippen LogP contribution in [0, 0.1) is 0 Å². The maximum absolute atomic E-state index is 3.85. The normalized spacial score (nSPS) is 16.8. The Kier molecular flexibility index (Phi) is 4.82. The van der Waals surface area contributed by atoms with Gasteiger partial charge in [0.25, 0.3) is 0 Å². The lowest BCUT2D eigenvalue weighted by atomic mass is 9.89. The van der Waals surface area contributed by atoms with Gasteiger partial charge in [0, 0.05) is 19.6 Å². The second-order valence-corrected chi connectivity index (χ2v) is 5.02. The predicted octanol–water partition coefficient (Wildman–Crippen LogP) is 3.12. The molecule has 1 aromatic carbocycles. The number of nitrogens with zero attached hydrogens (tertiary/aromatic N) is 1. The summed E-state index contributed by atoms with van der Waals surface area (Å²) in [4.78, 5) is 2.32. The van der Waals surface area contributed by atoms with Crippen molar-refractivity contribution in [2.24, 2.45) is 0 Å². The van der Waals surface area contributed by atoms with Crippen LogP contribution in [-0.4, -0.2) is 24.5 Å². The molecule has 0 radical (unpaired) electrons. The topological polar surface area (TPSA) is 15.3 Å². The molecule has 18 heavy (non-hydrogen) atoms. The van der Waals surface area contributed by atoms with Crippen molar-refractivity contribution in [2.45, 2.75) is 32.2 Å². The molecule has 0 saturated carbocycles. The van der Waals surface area contributed by atoms with E-state index >= 15 is 0 Å². The lowest BCUT2D eigenvalue weighted by Gasteiger charge is -2.31. The molecular weight excluding hydrogens is 220 g/mol. The van der Waals surface area contributed by atoms with Gasteiger partial charge in [-0.15, -0.1) is 0 Å². The molecule has 1 N–H and O–H groups in total. The Labute approximate surface area is 111 Å². The Morgan fingerprint density at radius 3 is 2.83 bits per heavy atom. The van der Waals surface area contributed by atoms with Gasteiger partial charge in [-0.3, -0.25) is 0 Å². The quantitative estimate of drug-likeness (QED) is 0.856. The highest BCUT2D eigenvalue weighted by Gasteiger charge is 2.18. The summed E-state index contributed by atoms with van der Waals surface area (Å²) in [6, 6.07) is 9.06. The summed E-state index contributed by atoms with van der Waals surface area (Å²) in [5.74, 6) is 0.725. The molecule has 1 fully saturated rings. The molecule has 0 aromatic heterocycles. The smallest absolute Gasteiger partial charge is 0.0205 e. The molecule has 1 aliphatic rings. The first-order valence-electron chi connectivity index (χ1n) is 6.99. The van der Waals surface area contributed by atoms with E-state index in [2.05, 4.69) is 48.0 Å². The number of likely N-dealkylation sites (tertiary alicyclic amines) is 1. The third kappa shape index (κ3) is 3.36. The van der Waals surface area contributed by atoms with Crippen molar-refractivity contribution >= 4 is 0 Å². The number of benzene rings is 1. The summed E-state index contributed by atoms with van der Waals surface area (Å²) in [5, 5.41) is 3.39. The predicted molar refractivity (Wildman–Crippen MR) is 77.6 cm³/mol. The van der Waals surface area contributed by atoms with E-state index in [0.29, 0.717) is 0 Å². The summed E-state index contributed by atoms with van der Waals surface area (Å²) in [6.07, 6.45) is 4.46. The minimum atomic E-state index is 0.725. The van der Waals surface area contributed by atoms with Gasteiger partial charge in [-0.25, -0.2) is 0 Å². The fourth-order valence-electron chi connectivity index (χ4n) is 2.64. The summed E-state index contributed by atoms with van der Waals surface area (Å²) < 4.78 is 0. The van der Waals surface area contributed by atoms with E-state index in [-0.39, 0.29) is 0 Å². The fraction of sp³-hybridized carbons (Fsp3) is 0.500. The molecule has 1 saturated heterocycles. The maximum Gasteiger partial charge on any atom is 0.0205 e. The summed E-state index contributed by atoms with van der Waals surface area (Å²) in [6.45, 7) is 10.3. The third-order valence-corrected chi connectivity index (χ3v) is 3.79. The van der Waals surface area contributed by atoms with Crippen LogP contribution < -0.4 is 5.32 Å². The van der Waals surface area contributed by atoms with Crippen molar-refractivity contribution in [3.05, 3.63) is 48.2 Å². The van der Waals surface area contributed by atoms with Gasteiger partial charge in [0.15, 0.2) is 0 Å². The van der Waals surface area contributed by atoms with Crippen molar-refractivity contribution in [3.8, 4) is 0 Å². The standard InChI is InChI=1S/C16H24N2/c1-3-17-13-14-6-5-7-16(12-14)15-8-10-18(4-2)11-9-15/h4-7,12,15,17H,2-3,8-11,13H2,1H3. The molecule has 0 amide bonds. The minimum absolute atomic E-state index is 0.725. The average Bonchev–Trinajstić information content (AvgIpc) is 2.45. The van der Waals surface area contributed by atoms with Gasteiger partial charge in [-0.1, -0.05) is 37.8 Å². The first-order valence-corrected chi connectivity index (χ1v) is 6.99. The van der Waals surface area contributed by atoms with Crippen LogP contribution >= 0.6 is 0 Å². The van der Waals surface area contributed by atoms with Gasteiger partial charge in [-0.2, -0.15) is 0 Å². The first kappa shape index (κ1) is 13.2. The molecule has 0 aliphatic carbocycles. The van der Waals surface area contributed by atoms with E-state index in [9.17, 15) is 0 Å². The molecule has 0 atom stereocenters. The number of nitrogens with one attached hydrogen (secondary N) is 1. The van der Waals surface area contributed by atoms with Gasteiger partial charge >= 0.3 is 0 Å². The zero-order chi connectivity index (χ0) is 12.8. The number of hydrogen-bond acceptors (Lipinski definition) is 2. The van der Waals surface area contributed by atoms with E-state index in [4.69, 9.17) is 0 Å².